The molecule has 0 radical (unpaired) electrons. The third-order valence-corrected chi connectivity index (χ3v) is 6.15. The van der Waals surface area contributed by atoms with Gasteiger partial charge in [0.15, 0.2) is 0 Å². The first-order valence-corrected chi connectivity index (χ1v) is 8.83. The van der Waals surface area contributed by atoms with Crippen LogP contribution in [-0.2, 0) is 6.61 Å². The van der Waals surface area contributed by atoms with Crippen molar-refractivity contribution in [3.8, 4) is 15.9 Å². The third kappa shape index (κ3) is 2.30. The Balaban J connectivity index is 1.80. The predicted molar refractivity (Wildman–Crippen MR) is 85.8 cm³/mol. The minimum atomic E-state index is -0.110. The Morgan fingerprint density at radius 2 is 1.86 bits per heavy atom. The number of fused-ring (bicyclic) bond motifs is 2. The molecule has 0 unspecified atom stereocenters. The molecule has 3 nitrogen and oxygen atoms in total. The second kappa shape index (κ2) is 5.40. The maximum atomic E-state index is 12.7. The predicted octanol–water partition coefficient (Wildman–Crippen LogP) is 3.58. The zero-order valence-corrected chi connectivity index (χ0v) is 13.8. The molecule has 3 aromatic rings. The van der Waals surface area contributed by atoms with Gasteiger partial charge in [-0.15, -0.1) is 0 Å². The summed E-state index contributed by atoms with van der Waals surface area (Å²) in [6.07, 6.45) is 0. The zero-order valence-electron chi connectivity index (χ0n) is 11.4. The molecule has 5 heteroatoms. The zero-order chi connectivity index (χ0) is 15.1. The quantitative estimate of drug-likeness (QED) is 0.611. The van der Waals surface area contributed by atoms with E-state index in [0.717, 1.165) is 20.3 Å². The number of rotatable bonds is 1. The Morgan fingerprint density at radius 3 is 2.68 bits per heavy atom. The minimum absolute atomic E-state index is 0.0378. The molecule has 0 atom stereocenters. The number of para-hydroxylation sites is 1. The van der Waals surface area contributed by atoms with Gasteiger partial charge in [-0.2, -0.15) is 0 Å². The first kappa shape index (κ1) is 13.8. The van der Waals surface area contributed by atoms with E-state index >= 15 is 0 Å². The molecule has 0 N–H and O–H groups in total. The maximum absolute atomic E-state index is 12.7. The summed E-state index contributed by atoms with van der Waals surface area (Å²) in [5.74, 6) is 0.678. The van der Waals surface area contributed by atoms with Crippen LogP contribution >= 0.6 is 11.6 Å². The van der Waals surface area contributed by atoms with Crippen molar-refractivity contribution in [3.63, 3.8) is 0 Å². The Labute approximate surface area is 138 Å². The van der Waals surface area contributed by atoms with Crippen molar-refractivity contribution in [1.82, 2.24) is 4.98 Å². The van der Waals surface area contributed by atoms with E-state index in [1.54, 1.807) is 0 Å². The fraction of sp³-hybridized carbons (Fsp3) is 0.0588. The molecule has 2 heterocycles. The van der Waals surface area contributed by atoms with E-state index in [0.29, 0.717) is 22.9 Å². The number of benzene rings is 2. The average molecular weight is 375 g/mol. The van der Waals surface area contributed by atoms with Gasteiger partial charge >= 0.3 is 138 Å². The van der Waals surface area contributed by atoms with Crippen molar-refractivity contribution in [2.75, 3.05) is 0 Å². The molecule has 0 bridgehead atoms. The number of nitrogens with zero attached hydrogens (tertiary/aromatic N) is 1. The van der Waals surface area contributed by atoms with E-state index in [-0.39, 0.29) is 20.3 Å². The van der Waals surface area contributed by atoms with Crippen molar-refractivity contribution in [1.29, 1.82) is 0 Å². The van der Waals surface area contributed by atoms with Gasteiger partial charge in [0, 0.05) is 0 Å². The van der Waals surface area contributed by atoms with Gasteiger partial charge in [0.25, 0.3) is 0 Å². The fourth-order valence-corrected chi connectivity index (χ4v) is 4.67. The molecule has 0 amide bonds. The van der Waals surface area contributed by atoms with Crippen molar-refractivity contribution < 1.29 is 9.53 Å². The Kier molecular flexibility index (Phi) is 3.38. The fourth-order valence-electron chi connectivity index (χ4n) is 2.39. The normalized spacial score (nSPS) is 13.0. The van der Waals surface area contributed by atoms with Crippen LogP contribution in [0.2, 0.25) is 5.02 Å². The summed E-state index contributed by atoms with van der Waals surface area (Å²) in [6.45, 7) is 0.344. The van der Waals surface area contributed by atoms with Crippen molar-refractivity contribution >= 4 is 31.9 Å². The monoisotopic (exact) mass is 375 g/mol. The topological polar surface area (TPSA) is 39.2 Å². The van der Waals surface area contributed by atoms with Crippen LogP contribution in [0.3, 0.4) is 0 Å². The summed E-state index contributed by atoms with van der Waals surface area (Å²) in [5, 5.41) is 0.692. The first-order valence-electron chi connectivity index (χ1n) is 6.74. The van der Waals surface area contributed by atoms with Gasteiger partial charge in [-0.05, 0) is 0 Å². The number of carbonyl (C=O) groups is 1. The molecule has 108 valence electrons. The molecule has 0 spiro atoms. The number of carbonyl (C=O) groups excluding carboxylic acids is 1. The summed E-state index contributed by atoms with van der Waals surface area (Å²) in [7, 11) is 0. The van der Waals surface area contributed by atoms with E-state index in [1.807, 2.05) is 48.5 Å². The molecule has 1 aliphatic heterocycles. The molecule has 0 aliphatic carbocycles. The van der Waals surface area contributed by atoms with Gasteiger partial charge in [0.05, 0.1) is 0 Å². The van der Waals surface area contributed by atoms with E-state index < -0.39 is 0 Å². The van der Waals surface area contributed by atoms with Crippen molar-refractivity contribution in [2.45, 2.75) is 6.61 Å². The first-order chi connectivity index (χ1) is 10.7. The van der Waals surface area contributed by atoms with Crippen LogP contribution in [0.5, 0.6) is 5.75 Å². The van der Waals surface area contributed by atoms with Gasteiger partial charge in [0.1, 0.15) is 0 Å². The molecule has 22 heavy (non-hydrogen) atoms. The molecular weight excluding hydrogens is 365 g/mol. The standard InChI is InChI=1S/C17H10ClNO2Se/c18-11-7-5-10(6-8-11)17-19-13-9-21-14-4-2-1-3-12(14)15(20)16(13)22-17/h1-8H,9H2. The van der Waals surface area contributed by atoms with Crippen LogP contribution in [0, 0.1) is 0 Å². The van der Waals surface area contributed by atoms with Crippen LogP contribution < -0.4 is 4.74 Å². The van der Waals surface area contributed by atoms with Crippen LogP contribution in [0.4, 0.5) is 0 Å². The van der Waals surface area contributed by atoms with Crippen LogP contribution in [0.15, 0.2) is 48.5 Å². The van der Waals surface area contributed by atoms with Crippen molar-refractivity contribution in [2.24, 2.45) is 0 Å². The molecule has 0 fully saturated rings. The van der Waals surface area contributed by atoms with Gasteiger partial charge in [-0.1, -0.05) is 0 Å². The van der Waals surface area contributed by atoms with Gasteiger partial charge < -0.3 is 0 Å². The molecule has 0 saturated heterocycles. The summed E-state index contributed by atoms with van der Waals surface area (Å²) >= 11 is 5.81. The van der Waals surface area contributed by atoms with Gasteiger partial charge in [-0.3, -0.25) is 0 Å². The van der Waals surface area contributed by atoms with Crippen LogP contribution in [0.1, 0.15) is 20.5 Å². The number of halogens is 1. The number of aromatic nitrogens is 1. The molecule has 0 saturated carbocycles. The molecule has 4 rings (SSSR count). The molecule has 1 aliphatic rings. The van der Waals surface area contributed by atoms with E-state index in [9.17, 15) is 4.79 Å². The SMILES string of the molecule is O=C1c2ccccc2OCc2nc(-c3ccc(Cl)cc3)[se]c21. The molecular formula is C17H10ClNO2Se. The van der Waals surface area contributed by atoms with E-state index in [4.69, 9.17) is 16.3 Å². The molecule has 2 aromatic carbocycles. The van der Waals surface area contributed by atoms with Crippen molar-refractivity contribution in [3.05, 3.63) is 69.2 Å². The van der Waals surface area contributed by atoms with E-state index in [2.05, 4.69) is 4.98 Å². The van der Waals surface area contributed by atoms with E-state index in [1.165, 1.54) is 0 Å². The molecule has 1 aromatic heterocycles. The van der Waals surface area contributed by atoms with Crippen LogP contribution in [-0.4, -0.2) is 25.3 Å². The average Bonchev–Trinajstić information content (AvgIpc) is 2.92. The summed E-state index contributed by atoms with van der Waals surface area (Å²) < 4.78 is 7.48. The number of ketones is 1. The Bertz CT molecular complexity index is 871. The number of ether oxygens (including phenoxy) is 1. The summed E-state index contributed by atoms with van der Waals surface area (Å²) in [4.78, 5) is 17.4. The second-order valence-corrected chi connectivity index (χ2v) is 7.45. The summed E-state index contributed by atoms with van der Waals surface area (Å²) in [6, 6.07) is 14.9. The van der Waals surface area contributed by atoms with Gasteiger partial charge in [-0.25, -0.2) is 0 Å². The van der Waals surface area contributed by atoms with Crippen LogP contribution in [0.25, 0.3) is 10.1 Å². The summed E-state index contributed by atoms with van der Waals surface area (Å²) in [5.41, 5.74) is 2.40. The Morgan fingerprint density at radius 1 is 1.09 bits per heavy atom. The number of hydrogen-bond donors (Lipinski definition) is 0. The van der Waals surface area contributed by atoms with Gasteiger partial charge in [0.2, 0.25) is 0 Å². The number of hydrogen-bond acceptors (Lipinski definition) is 3. The second-order valence-electron chi connectivity index (χ2n) is 4.92. The third-order valence-electron chi connectivity index (χ3n) is 3.49. The Hall–Kier alpha value is -1.87.